The lowest BCUT2D eigenvalue weighted by molar-refractivity contribution is 0.413. The Kier molecular flexibility index (Phi) is 3.68. The molecule has 0 aliphatic heterocycles. The van der Waals surface area contributed by atoms with Crippen LogP contribution < -0.4 is 10.5 Å². The number of hydrogen-bond acceptors (Lipinski definition) is 4. The highest BCUT2D eigenvalue weighted by atomic mass is 32.1. The first-order valence-corrected chi connectivity index (χ1v) is 6.77. The van der Waals surface area contributed by atoms with E-state index < -0.39 is 0 Å². The number of thiazole rings is 1. The summed E-state index contributed by atoms with van der Waals surface area (Å²) in [4.78, 5) is 4.58. The SMILES string of the molecule is COc1c(C)cc(C)cc1-c1nc(C(C)N)cs1. The van der Waals surface area contributed by atoms with Crippen LogP contribution in [0.15, 0.2) is 17.5 Å². The number of aromatic nitrogens is 1. The van der Waals surface area contributed by atoms with Crippen LogP contribution in [0.4, 0.5) is 0 Å². The summed E-state index contributed by atoms with van der Waals surface area (Å²) >= 11 is 1.61. The minimum Gasteiger partial charge on any atom is -0.496 e. The number of benzene rings is 1. The zero-order valence-electron chi connectivity index (χ0n) is 11.2. The van der Waals surface area contributed by atoms with Crippen molar-refractivity contribution in [1.82, 2.24) is 4.98 Å². The van der Waals surface area contributed by atoms with Crippen molar-refractivity contribution in [2.45, 2.75) is 26.8 Å². The van der Waals surface area contributed by atoms with E-state index in [4.69, 9.17) is 10.5 Å². The fourth-order valence-corrected chi connectivity index (χ4v) is 2.94. The van der Waals surface area contributed by atoms with Gasteiger partial charge in [-0.15, -0.1) is 11.3 Å². The Morgan fingerprint density at radius 1 is 1.33 bits per heavy atom. The second-order valence-corrected chi connectivity index (χ2v) is 5.39. The van der Waals surface area contributed by atoms with Crippen LogP contribution in [0.5, 0.6) is 5.75 Å². The molecule has 1 atom stereocenters. The molecule has 1 aromatic carbocycles. The van der Waals surface area contributed by atoms with Crippen molar-refractivity contribution in [2.24, 2.45) is 5.73 Å². The van der Waals surface area contributed by atoms with Crippen molar-refractivity contribution in [3.63, 3.8) is 0 Å². The van der Waals surface area contributed by atoms with Gasteiger partial charge in [-0.3, -0.25) is 0 Å². The van der Waals surface area contributed by atoms with Gasteiger partial charge in [-0.2, -0.15) is 0 Å². The average molecular weight is 262 g/mol. The van der Waals surface area contributed by atoms with E-state index >= 15 is 0 Å². The Morgan fingerprint density at radius 2 is 2.06 bits per heavy atom. The molecule has 0 fully saturated rings. The molecular weight excluding hydrogens is 244 g/mol. The highest BCUT2D eigenvalue weighted by molar-refractivity contribution is 7.13. The van der Waals surface area contributed by atoms with Gasteiger partial charge in [0.2, 0.25) is 0 Å². The monoisotopic (exact) mass is 262 g/mol. The maximum atomic E-state index is 5.85. The highest BCUT2D eigenvalue weighted by Gasteiger charge is 2.14. The third-order valence-electron chi connectivity index (χ3n) is 2.84. The molecule has 0 radical (unpaired) electrons. The Morgan fingerprint density at radius 3 is 2.61 bits per heavy atom. The normalized spacial score (nSPS) is 12.5. The lowest BCUT2D eigenvalue weighted by atomic mass is 10.1. The molecule has 96 valence electrons. The van der Waals surface area contributed by atoms with Gasteiger partial charge < -0.3 is 10.5 Å². The molecule has 4 heteroatoms. The van der Waals surface area contributed by atoms with E-state index in [-0.39, 0.29) is 6.04 Å². The first-order valence-electron chi connectivity index (χ1n) is 5.89. The lowest BCUT2D eigenvalue weighted by Gasteiger charge is -2.10. The maximum absolute atomic E-state index is 5.85. The first-order chi connectivity index (χ1) is 8.52. The molecule has 2 aromatic rings. The van der Waals surface area contributed by atoms with Crippen LogP contribution in [-0.2, 0) is 0 Å². The van der Waals surface area contributed by atoms with Gasteiger partial charge in [-0.1, -0.05) is 6.07 Å². The summed E-state index contributed by atoms with van der Waals surface area (Å²) in [5.41, 5.74) is 10.2. The smallest absolute Gasteiger partial charge is 0.132 e. The second-order valence-electron chi connectivity index (χ2n) is 4.53. The van der Waals surface area contributed by atoms with Gasteiger partial charge in [0.25, 0.3) is 0 Å². The quantitative estimate of drug-likeness (QED) is 0.921. The summed E-state index contributed by atoms with van der Waals surface area (Å²) in [6, 6.07) is 4.18. The fraction of sp³-hybridized carbons (Fsp3) is 0.357. The summed E-state index contributed by atoms with van der Waals surface area (Å²) in [6.07, 6.45) is 0. The van der Waals surface area contributed by atoms with E-state index in [0.29, 0.717) is 0 Å². The molecule has 1 unspecified atom stereocenters. The number of ether oxygens (including phenoxy) is 1. The van der Waals surface area contributed by atoms with Crippen molar-refractivity contribution < 1.29 is 4.74 Å². The van der Waals surface area contributed by atoms with Crippen molar-refractivity contribution in [3.8, 4) is 16.3 Å². The molecule has 1 heterocycles. The first kappa shape index (κ1) is 13.1. The number of aryl methyl sites for hydroxylation is 2. The summed E-state index contributed by atoms with van der Waals surface area (Å²) in [6.45, 7) is 6.07. The van der Waals surface area contributed by atoms with Crippen LogP contribution in [0.3, 0.4) is 0 Å². The summed E-state index contributed by atoms with van der Waals surface area (Å²) in [5.74, 6) is 0.895. The number of nitrogens with two attached hydrogens (primary N) is 1. The molecule has 0 bridgehead atoms. The lowest BCUT2D eigenvalue weighted by Crippen LogP contribution is -2.04. The molecule has 18 heavy (non-hydrogen) atoms. The molecule has 0 saturated heterocycles. The maximum Gasteiger partial charge on any atom is 0.132 e. The standard InChI is InChI=1S/C14H18N2OS/c1-8-5-9(2)13(17-4)11(6-8)14-16-12(7-18-14)10(3)15/h5-7,10H,15H2,1-4H3. The number of methoxy groups -OCH3 is 1. The third-order valence-corrected chi connectivity index (χ3v) is 3.74. The van der Waals surface area contributed by atoms with E-state index in [1.54, 1.807) is 18.4 Å². The molecule has 3 nitrogen and oxygen atoms in total. The molecule has 2 rings (SSSR count). The van der Waals surface area contributed by atoms with E-state index in [0.717, 1.165) is 27.6 Å². The zero-order valence-corrected chi connectivity index (χ0v) is 12.0. The molecule has 0 aliphatic carbocycles. The van der Waals surface area contributed by atoms with E-state index in [1.807, 2.05) is 12.3 Å². The van der Waals surface area contributed by atoms with Gasteiger partial charge in [-0.05, 0) is 38.0 Å². The van der Waals surface area contributed by atoms with Crippen LogP contribution in [0.2, 0.25) is 0 Å². The van der Waals surface area contributed by atoms with Crippen LogP contribution in [0.25, 0.3) is 10.6 Å². The highest BCUT2D eigenvalue weighted by Crippen LogP contribution is 2.36. The molecule has 0 saturated carbocycles. The zero-order chi connectivity index (χ0) is 13.3. The molecular formula is C14H18N2OS. The Bertz CT molecular complexity index is 561. The van der Waals surface area contributed by atoms with Gasteiger partial charge >= 0.3 is 0 Å². The molecule has 0 spiro atoms. The summed E-state index contributed by atoms with van der Waals surface area (Å²) in [7, 11) is 1.70. The predicted octanol–water partition coefficient (Wildman–Crippen LogP) is 3.46. The Labute approximate surface area is 112 Å². The van der Waals surface area contributed by atoms with Crippen LogP contribution >= 0.6 is 11.3 Å². The van der Waals surface area contributed by atoms with Gasteiger partial charge in [0.1, 0.15) is 10.8 Å². The van der Waals surface area contributed by atoms with Crippen molar-refractivity contribution in [1.29, 1.82) is 0 Å². The van der Waals surface area contributed by atoms with Crippen molar-refractivity contribution in [2.75, 3.05) is 7.11 Å². The number of hydrogen-bond donors (Lipinski definition) is 1. The minimum atomic E-state index is -0.0353. The molecule has 2 N–H and O–H groups in total. The van der Waals surface area contributed by atoms with Crippen molar-refractivity contribution in [3.05, 3.63) is 34.3 Å². The molecule has 1 aromatic heterocycles. The minimum absolute atomic E-state index is 0.0353. The van der Waals surface area contributed by atoms with Crippen LogP contribution in [0, 0.1) is 13.8 Å². The van der Waals surface area contributed by atoms with Gasteiger partial charge in [0, 0.05) is 11.4 Å². The summed E-state index contributed by atoms with van der Waals surface area (Å²) < 4.78 is 5.49. The third kappa shape index (κ3) is 2.40. The fourth-order valence-electron chi connectivity index (χ4n) is 2.00. The predicted molar refractivity (Wildman–Crippen MR) is 76.2 cm³/mol. The molecule has 0 aliphatic rings. The largest absolute Gasteiger partial charge is 0.496 e. The van der Waals surface area contributed by atoms with Crippen LogP contribution in [0.1, 0.15) is 29.8 Å². The van der Waals surface area contributed by atoms with Crippen LogP contribution in [-0.4, -0.2) is 12.1 Å². The van der Waals surface area contributed by atoms with Gasteiger partial charge in [0.05, 0.1) is 18.4 Å². The number of rotatable bonds is 3. The van der Waals surface area contributed by atoms with E-state index in [9.17, 15) is 0 Å². The Balaban J connectivity index is 2.55. The summed E-state index contributed by atoms with van der Waals surface area (Å²) in [5, 5.41) is 2.97. The topological polar surface area (TPSA) is 48.1 Å². The van der Waals surface area contributed by atoms with E-state index in [2.05, 4.69) is 31.0 Å². The number of nitrogens with zero attached hydrogens (tertiary/aromatic N) is 1. The van der Waals surface area contributed by atoms with Gasteiger partial charge in [0.15, 0.2) is 0 Å². The Hall–Kier alpha value is -1.39. The average Bonchev–Trinajstić information content (AvgIpc) is 2.77. The van der Waals surface area contributed by atoms with Gasteiger partial charge in [-0.25, -0.2) is 4.98 Å². The van der Waals surface area contributed by atoms with Crippen molar-refractivity contribution >= 4 is 11.3 Å². The van der Waals surface area contributed by atoms with E-state index in [1.165, 1.54) is 5.56 Å². The molecule has 0 amide bonds. The second kappa shape index (κ2) is 5.08.